The molecule has 1 aliphatic carbocycles. The Morgan fingerprint density at radius 1 is 1.70 bits per heavy atom. The average Bonchev–Trinajstić information content (AvgIpc) is 2.34. The van der Waals surface area contributed by atoms with Crippen LogP contribution in [0.3, 0.4) is 0 Å². The van der Waals surface area contributed by atoms with Crippen LogP contribution in [0.15, 0.2) is 11.3 Å². The lowest BCUT2D eigenvalue weighted by Crippen LogP contribution is -1.81. The Labute approximate surface area is 62.6 Å². The SMILES string of the molecule is [C-]#[N+]/C(C)=C1\CC[C@@H](C)C1. The zero-order chi connectivity index (χ0) is 7.56. The van der Waals surface area contributed by atoms with E-state index in [4.69, 9.17) is 6.57 Å². The van der Waals surface area contributed by atoms with Gasteiger partial charge in [0.1, 0.15) is 0 Å². The van der Waals surface area contributed by atoms with Crippen molar-refractivity contribution in [1.82, 2.24) is 0 Å². The van der Waals surface area contributed by atoms with E-state index in [0.717, 1.165) is 24.5 Å². The minimum atomic E-state index is 0.812. The molecule has 0 aromatic rings. The summed E-state index contributed by atoms with van der Waals surface area (Å²) in [6.07, 6.45) is 3.60. The molecule has 0 heterocycles. The molecule has 0 amide bonds. The van der Waals surface area contributed by atoms with Crippen LogP contribution in [0.5, 0.6) is 0 Å². The van der Waals surface area contributed by atoms with E-state index >= 15 is 0 Å². The first-order valence-electron chi connectivity index (χ1n) is 3.80. The monoisotopic (exact) mass is 135 g/mol. The van der Waals surface area contributed by atoms with E-state index in [1.807, 2.05) is 6.92 Å². The van der Waals surface area contributed by atoms with Crippen LogP contribution < -0.4 is 0 Å². The van der Waals surface area contributed by atoms with Gasteiger partial charge in [0.05, 0.1) is 6.57 Å². The van der Waals surface area contributed by atoms with Crippen LogP contribution in [0, 0.1) is 12.5 Å². The Kier molecular flexibility index (Phi) is 2.11. The van der Waals surface area contributed by atoms with Crippen LogP contribution in [-0.4, -0.2) is 0 Å². The fourth-order valence-electron chi connectivity index (χ4n) is 1.45. The van der Waals surface area contributed by atoms with Crippen molar-refractivity contribution in [3.05, 3.63) is 22.7 Å². The normalized spacial score (nSPS) is 29.9. The summed E-state index contributed by atoms with van der Waals surface area (Å²) in [5.74, 6) is 0.812. The molecular formula is C9H13N. The van der Waals surface area contributed by atoms with Gasteiger partial charge in [-0.1, -0.05) is 12.5 Å². The molecular weight excluding hydrogens is 122 g/mol. The van der Waals surface area contributed by atoms with Gasteiger partial charge in [0, 0.05) is 0 Å². The second kappa shape index (κ2) is 2.88. The van der Waals surface area contributed by atoms with Gasteiger partial charge >= 0.3 is 0 Å². The van der Waals surface area contributed by atoms with Gasteiger partial charge in [-0.05, 0) is 32.1 Å². The summed E-state index contributed by atoms with van der Waals surface area (Å²) in [5.41, 5.74) is 2.33. The third-order valence-electron chi connectivity index (χ3n) is 2.21. The number of hydrogen-bond acceptors (Lipinski definition) is 0. The van der Waals surface area contributed by atoms with Gasteiger partial charge in [0.2, 0.25) is 0 Å². The second-order valence-electron chi connectivity index (χ2n) is 3.15. The summed E-state index contributed by atoms with van der Waals surface area (Å²) in [6, 6.07) is 0. The average molecular weight is 135 g/mol. The molecule has 1 nitrogen and oxygen atoms in total. The highest BCUT2D eigenvalue weighted by molar-refractivity contribution is 5.20. The smallest absolute Gasteiger partial charge is 0.161 e. The molecule has 0 aromatic carbocycles. The van der Waals surface area contributed by atoms with Crippen LogP contribution in [-0.2, 0) is 0 Å². The second-order valence-corrected chi connectivity index (χ2v) is 3.15. The third kappa shape index (κ3) is 1.39. The van der Waals surface area contributed by atoms with Crippen molar-refractivity contribution in [2.45, 2.75) is 33.1 Å². The van der Waals surface area contributed by atoms with E-state index in [2.05, 4.69) is 11.8 Å². The van der Waals surface area contributed by atoms with E-state index in [1.165, 1.54) is 12.0 Å². The molecule has 0 saturated heterocycles. The minimum absolute atomic E-state index is 0.812. The molecule has 1 saturated carbocycles. The molecule has 1 rings (SSSR count). The maximum Gasteiger partial charge on any atom is 0.161 e. The molecule has 1 aliphatic rings. The Bertz CT molecular complexity index is 195. The van der Waals surface area contributed by atoms with Gasteiger partial charge < -0.3 is 0 Å². The zero-order valence-corrected chi connectivity index (χ0v) is 6.65. The summed E-state index contributed by atoms with van der Waals surface area (Å²) in [7, 11) is 0. The molecule has 0 aromatic heterocycles. The number of rotatable bonds is 0. The summed E-state index contributed by atoms with van der Waals surface area (Å²) in [5, 5.41) is 0. The first-order chi connectivity index (χ1) is 4.74. The van der Waals surface area contributed by atoms with Gasteiger partial charge in [0.15, 0.2) is 5.70 Å². The molecule has 0 aliphatic heterocycles. The van der Waals surface area contributed by atoms with E-state index in [-0.39, 0.29) is 0 Å². The van der Waals surface area contributed by atoms with Crippen molar-refractivity contribution in [2.24, 2.45) is 5.92 Å². The van der Waals surface area contributed by atoms with Gasteiger partial charge in [-0.15, -0.1) is 0 Å². The Hall–Kier alpha value is -0.770. The van der Waals surface area contributed by atoms with Crippen molar-refractivity contribution in [2.75, 3.05) is 0 Å². The first-order valence-corrected chi connectivity index (χ1v) is 3.80. The Morgan fingerprint density at radius 3 is 2.80 bits per heavy atom. The van der Waals surface area contributed by atoms with Crippen molar-refractivity contribution in [1.29, 1.82) is 0 Å². The summed E-state index contributed by atoms with van der Waals surface area (Å²) in [4.78, 5) is 3.43. The van der Waals surface area contributed by atoms with Crippen LogP contribution in [0.1, 0.15) is 33.1 Å². The molecule has 0 N–H and O–H groups in total. The fourth-order valence-corrected chi connectivity index (χ4v) is 1.45. The maximum atomic E-state index is 6.81. The highest BCUT2D eigenvalue weighted by Gasteiger charge is 2.16. The summed E-state index contributed by atoms with van der Waals surface area (Å²) in [6.45, 7) is 11.0. The van der Waals surface area contributed by atoms with Crippen molar-refractivity contribution in [3.63, 3.8) is 0 Å². The summed E-state index contributed by atoms with van der Waals surface area (Å²) >= 11 is 0. The standard InChI is InChI=1S/C9H13N/c1-7-4-5-9(6-7)8(2)10-3/h7H,4-6H2,1-2H3/b9-8+/t7-/m1/s1. The highest BCUT2D eigenvalue weighted by atomic mass is 14.6. The number of nitrogens with zero attached hydrogens (tertiary/aromatic N) is 1. The van der Waals surface area contributed by atoms with Gasteiger partial charge in [-0.2, -0.15) is 0 Å². The minimum Gasteiger partial charge on any atom is -0.243 e. The van der Waals surface area contributed by atoms with Crippen molar-refractivity contribution < 1.29 is 0 Å². The Balaban J connectivity index is 2.69. The van der Waals surface area contributed by atoms with E-state index < -0.39 is 0 Å². The summed E-state index contributed by atoms with van der Waals surface area (Å²) < 4.78 is 0. The lowest BCUT2D eigenvalue weighted by Gasteiger charge is -1.96. The molecule has 1 atom stereocenters. The van der Waals surface area contributed by atoms with E-state index in [1.54, 1.807) is 0 Å². The zero-order valence-electron chi connectivity index (χ0n) is 6.65. The van der Waals surface area contributed by atoms with Crippen LogP contribution in [0.2, 0.25) is 0 Å². The largest absolute Gasteiger partial charge is 0.243 e. The first kappa shape index (κ1) is 7.34. The molecule has 10 heavy (non-hydrogen) atoms. The van der Waals surface area contributed by atoms with Crippen molar-refractivity contribution in [3.8, 4) is 0 Å². The van der Waals surface area contributed by atoms with Gasteiger partial charge in [-0.3, -0.25) is 0 Å². The van der Waals surface area contributed by atoms with E-state index in [0.29, 0.717) is 0 Å². The topological polar surface area (TPSA) is 4.36 Å². The fraction of sp³-hybridized carbons (Fsp3) is 0.667. The highest BCUT2D eigenvalue weighted by Crippen LogP contribution is 2.31. The predicted molar refractivity (Wildman–Crippen MR) is 42.3 cm³/mol. The van der Waals surface area contributed by atoms with Crippen LogP contribution in [0.4, 0.5) is 0 Å². The van der Waals surface area contributed by atoms with Crippen LogP contribution >= 0.6 is 0 Å². The molecule has 0 radical (unpaired) electrons. The van der Waals surface area contributed by atoms with Crippen molar-refractivity contribution >= 4 is 0 Å². The number of allylic oxidation sites excluding steroid dienone is 2. The Morgan fingerprint density at radius 2 is 2.40 bits per heavy atom. The quantitative estimate of drug-likeness (QED) is 0.450. The third-order valence-corrected chi connectivity index (χ3v) is 2.21. The molecule has 0 unspecified atom stereocenters. The molecule has 54 valence electrons. The molecule has 0 spiro atoms. The van der Waals surface area contributed by atoms with E-state index in [9.17, 15) is 0 Å². The van der Waals surface area contributed by atoms with Crippen LogP contribution in [0.25, 0.3) is 4.85 Å². The maximum absolute atomic E-state index is 6.81. The number of hydrogen-bond donors (Lipinski definition) is 0. The molecule has 1 fully saturated rings. The predicted octanol–water partition coefficient (Wildman–Crippen LogP) is 3.00. The molecule has 0 bridgehead atoms. The molecule has 1 heteroatoms. The van der Waals surface area contributed by atoms with Gasteiger partial charge in [0.25, 0.3) is 0 Å². The lowest BCUT2D eigenvalue weighted by atomic mass is 10.1. The van der Waals surface area contributed by atoms with Gasteiger partial charge in [-0.25, -0.2) is 4.85 Å². The lowest BCUT2D eigenvalue weighted by molar-refractivity contribution is 0.620.